The molecule has 9 nitrogen and oxygen atoms in total. The molecule has 3 aromatic rings. The number of nitrogens with one attached hydrogen (secondary N) is 3. The fourth-order valence-corrected chi connectivity index (χ4v) is 4.30. The molecule has 1 saturated heterocycles. The topological polar surface area (TPSA) is 116 Å². The monoisotopic (exact) mass is 506 g/mol. The minimum Gasteiger partial charge on any atom is -0.455 e. The Hall–Kier alpha value is -3.66. The average Bonchev–Trinajstić information content (AvgIpc) is 3.40. The summed E-state index contributed by atoms with van der Waals surface area (Å²) in [7, 11) is 0. The second-order valence-corrected chi connectivity index (χ2v) is 8.91. The smallest absolute Gasteiger partial charge is 0.411 e. The van der Waals surface area contributed by atoms with Gasteiger partial charge in [-0.1, -0.05) is 48.5 Å². The van der Waals surface area contributed by atoms with Crippen molar-refractivity contribution in [3.8, 4) is 11.1 Å². The summed E-state index contributed by atoms with van der Waals surface area (Å²) in [5.41, 5.74) is 2.69. The number of amides is 2. The van der Waals surface area contributed by atoms with Crippen LogP contribution in [0.5, 0.6) is 0 Å². The van der Waals surface area contributed by atoms with Crippen LogP contribution in [0, 0.1) is 0 Å². The highest BCUT2D eigenvalue weighted by molar-refractivity contribution is 5.92. The lowest BCUT2D eigenvalue weighted by molar-refractivity contribution is 0.0586. The lowest BCUT2D eigenvalue weighted by atomic mass is 10.0. The van der Waals surface area contributed by atoms with Crippen molar-refractivity contribution in [1.82, 2.24) is 15.5 Å². The van der Waals surface area contributed by atoms with Gasteiger partial charge < -0.3 is 29.8 Å². The molecular weight excluding hydrogens is 472 g/mol. The van der Waals surface area contributed by atoms with E-state index in [1.165, 1.54) is 0 Å². The zero-order valence-electron chi connectivity index (χ0n) is 20.8. The van der Waals surface area contributed by atoms with Gasteiger partial charge in [-0.2, -0.15) is 0 Å². The van der Waals surface area contributed by atoms with Gasteiger partial charge in [0.05, 0.1) is 18.8 Å². The van der Waals surface area contributed by atoms with E-state index in [0.717, 1.165) is 42.7 Å². The van der Waals surface area contributed by atoms with Gasteiger partial charge in [-0.3, -0.25) is 10.1 Å². The van der Waals surface area contributed by atoms with Crippen LogP contribution in [0.15, 0.2) is 71.1 Å². The predicted molar refractivity (Wildman–Crippen MR) is 141 cm³/mol. The van der Waals surface area contributed by atoms with Crippen LogP contribution >= 0.6 is 0 Å². The summed E-state index contributed by atoms with van der Waals surface area (Å²) in [5.74, 6) is 0.667. The van der Waals surface area contributed by atoms with Crippen molar-refractivity contribution in [3.63, 3.8) is 0 Å². The fraction of sp³-hybridized carbons (Fsp3) is 0.357. The third-order valence-electron chi connectivity index (χ3n) is 6.24. The van der Waals surface area contributed by atoms with E-state index in [4.69, 9.17) is 14.3 Å². The van der Waals surface area contributed by atoms with Crippen molar-refractivity contribution in [1.29, 1.82) is 0 Å². The van der Waals surface area contributed by atoms with E-state index in [9.17, 15) is 9.59 Å². The van der Waals surface area contributed by atoms with Crippen LogP contribution in [-0.2, 0) is 11.3 Å². The Labute approximate surface area is 216 Å². The van der Waals surface area contributed by atoms with Gasteiger partial charge >= 0.3 is 6.09 Å². The van der Waals surface area contributed by atoms with E-state index in [2.05, 4.69) is 20.9 Å². The van der Waals surface area contributed by atoms with E-state index in [1.807, 2.05) is 54.6 Å². The Morgan fingerprint density at radius 2 is 1.73 bits per heavy atom. The maximum Gasteiger partial charge on any atom is 0.411 e. The first-order valence-corrected chi connectivity index (χ1v) is 12.7. The van der Waals surface area contributed by atoms with E-state index in [1.54, 1.807) is 12.1 Å². The van der Waals surface area contributed by atoms with Gasteiger partial charge in [-0.05, 0) is 36.6 Å². The number of aliphatic hydroxyl groups excluding tert-OH is 1. The van der Waals surface area contributed by atoms with Crippen LogP contribution in [-0.4, -0.2) is 67.4 Å². The van der Waals surface area contributed by atoms with Gasteiger partial charge in [0.1, 0.15) is 11.9 Å². The molecule has 0 radical (unpaired) electrons. The number of piperidine rings is 1. The highest BCUT2D eigenvalue weighted by atomic mass is 16.6. The first kappa shape index (κ1) is 26.4. The molecule has 2 amide bonds. The van der Waals surface area contributed by atoms with Crippen LogP contribution in [0.1, 0.15) is 29.2 Å². The van der Waals surface area contributed by atoms with Gasteiger partial charge in [0.2, 0.25) is 0 Å². The molecule has 1 fully saturated rings. The molecule has 2 aromatic carbocycles. The first-order valence-electron chi connectivity index (χ1n) is 12.7. The standard InChI is InChI=1S/C28H34N4O5/c33-19-15-29-20-23-10-11-26(36-23)27(34)30-14-18-32-16-12-22(13-17-32)37-28(35)31-25-9-5-4-8-24(25)21-6-2-1-3-7-21/h1-11,22,29,33H,12-20H2,(H,30,34)(H,31,35). The molecule has 0 saturated carbocycles. The van der Waals surface area contributed by atoms with Gasteiger partial charge in [0, 0.05) is 38.3 Å². The fourth-order valence-electron chi connectivity index (χ4n) is 4.30. The van der Waals surface area contributed by atoms with Crippen LogP contribution in [0.3, 0.4) is 0 Å². The molecule has 37 heavy (non-hydrogen) atoms. The van der Waals surface area contributed by atoms with Crippen molar-refractivity contribution in [2.24, 2.45) is 0 Å². The summed E-state index contributed by atoms with van der Waals surface area (Å²) in [6, 6.07) is 21.0. The third kappa shape index (κ3) is 7.91. The van der Waals surface area contributed by atoms with E-state index < -0.39 is 6.09 Å². The number of aliphatic hydroxyl groups is 1. The Kier molecular flexibility index (Phi) is 9.70. The first-order chi connectivity index (χ1) is 18.1. The number of likely N-dealkylation sites (tertiary alicyclic amines) is 1. The maximum atomic E-state index is 12.6. The molecule has 4 N–H and O–H groups in total. The van der Waals surface area contributed by atoms with Crippen LogP contribution < -0.4 is 16.0 Å². The zero-order valence-corrected chi connectivity index (χ0v) is 20.8. The molecule has 2 heterocycles. The Balaban J connectivity index is 1.15. The summed E-state index contributed by atoms with van der Waals surface area (Å²) in [6.45, 7) is 3.76. The number of carbonyl (C=O) groups is 2. The molecule has 0 unspecified atom stereocenters. The number of rotatable bonds is 11. The summed E-state index contributed by atoms with van der Waals surface area (Å²) in [4.78, 5) is 27.1. The van der Waals surface area contributed by atoms with Crippen LogP contribution in [0.4, 0.5) is 10.5 Å². The Morgan fingerprint density at radius 3 is 2.51 bits per heavy atom. The van der Waals surface area contributed by atoms with Crippen molar-refractivity contribution in [2.75, 3.05) is 44.6 Å². The van der Waals surface area contributed by atoms with E-state index >= 15 is 0 Å². The van der Waals surface area contributed by atoms with Crippen molar-refractivity contribution in [3.05, 3.63) is 78.3 Å². The lowest BCUT2D eigenvalue weighted by Crippen LogP contribution is -2.42. The molecule has 1 aromatic heterocycles. The number of anilines is 1. The second-order valence-electron chi connectivity index (χ2n) is 8.91. The quantitative estimate of drug-likeness (QED) is 0.294. The van der Waals surface area contributed by atoms with E-state index in [-0.39, 0.29) is 24.4 Å². The molecule has 0 aliphatic carbocycles. The number of carbonyl (C=O) groups excluding carboxylic acids is 2. The normalized spacial score (nSPS) is 14.3. The van der Waals surface area contributed by atoms with Crippen molar-refractivity contribution in [2.45, 2.75) is 25.5 Å². The van der Waals surface area contributed by atoms with Gasteiger partial charge in [-0.25, -0.2) is 4.79 Å². The number of hydrogen-bond donors (Lipinski definition) is 4. The molecule has 1 aliphatic rings. The number of para-hydroxylation sites is 1. The Bertz CT molecular complexity index is 1140. The largest absolute Gasteiger partial charge is 0.455 e. The summed E-state index contributed by atoms with van der Waals surface area (Å²) in [5, 5.41) is 17.6. The van der Waals surface area contributed by atoms with Gasteiger partial charge in [-0.15, -0.1) is 0 Å². The van der Waals surface area contributed by atoms with Crippen LogP contribution in [0.2, 0.25) is 0 Å². The predicted octanol–water partition coefficient (Wildman–Crippen LogP) is 3.47. The molecule has 1 aliphatic heterocycles. The summed E-state index contributed by atoms with van der Waals surface area (Å²) in [6.07, 6.45) is 0.892. The van der Waals surface area contributed by atoms with Gasteiger partial charge in [0.15, 0.2) is 5.76 Å². The summed E-state index contributed by atoms with van der Waals surface area (Å²) < 4.78 is 11.2. The third-order valence-corrected chi connectivity index (χ3v) is 6.24. The number of ether oxygens (including phenoxy) is 1. The minimum atomic E-state index is -0.446. The number of furan rings is 1. The molecule has 0 bridgehead atoms. The van der Waals surface area contributed by atoms with Crippen molar-refractivity contribution >= 4 is 17.7 Å². The highest BCUT2D eigenvalue weighted by Gasteiger charge is 2.23. The molecule has 0 atom stereocenters. The van der Waals surface area contributed by atoms with Crippen molar-refractivity contribution < 1.29 is 23.8 Å². The number of nitrogens with zero attached hydrogens (tertiary/aromatic N) is 1. The maximum absolute atomic E-state index is 12.6. The lowest BCUT2D eigenvalue weighted by Gasteiger charge is -2.31. The zero-order chi connectivity index (χ0) is 25.9. The SMILES string of the molecule is O=C(Nc1ccccc1-c1ccccc1)OC1CCN(CCNC(=O)c2ccc(CNCCO)o2)CC1. The number of benzene rings is 2. The second kappa shape index (κ2) is 13.6. The molecule has 0 spiro atoms. The van der Waals surface area contributed by atoms with E-state index in [0.29, 0.717) is 31.9 Å². The molecule has 9 heteroatoms. The molecule has 196 valence electrons. The average molecular weight is 507 g/mol. The molecular formula is C28H34N4O5. The minimum absolute atomic E-state index is 0.0495. The number of hydrogen-bond acceptors (Lipinski definition) is 7. The highest BCUT2D eigenvalue weighted by Crippen LogP contribution is 2.28. The Morgan fingerprint density at radius 1 is 0.973 bits per heavy atom. The summed E-state index contributed by atoms with van der Waals surface area (Å²) >= 11 is 0. The van der Waals surface area contributed by atoms with Crippen LogP contribution in [0.25, 0.3) is 11.1 Å². The molecule has 4 rings (SSSR count). The van der Waals surface area contributed by atoms with Gasteiger partial charge in [0.25, 0.3) is 5.91 Å².